The third-order valence-corrected chi connectivity index (χ3v) is 18.1. The van der Waals surface area contributed by atoms with Crippen LogP contribution < -0.4 is 5.73 Å². The standard InChI is InChI=1S/C83H148NO8P/c1-3-5-7-9-11-13-15-17-19-21-23-25-27-29-31-33-35-36-37-38-39-40-41-42-43-44-46-48-50-52-54-56-58-60-62-64-66-68-70-72-74-76-83(86)92-81(80-91-93(87,88)90-78-77-84)79-89-82(85)75-73-71-69-67-65-63-61-59-57-55-53-51-49-47-45-34-32-30-28-26-24-22-20-18-16-14-12-10-8-6-4-2/h5,7,11,13,16-19,22-25,29,31,35-36,38-39,81H,3-4,6,8-10,12,14-15,20-21,26-28,30,32-34,37,40-80,84H2,1-2H3,(H,87,88)/b7-5-,13-11-,18-16-,19-17-,24-22-,25-23-,31-29-,36-35-,39-38-. The van der Waals surface area contributed by atoms with Gasteiger partial charge in [-0.15, -0.1) is 0 Å². The van der Waals surface area contributed by atoms with Crippen LogP contribution in [0.3, 0.4) is 0 Å². The molecule has 0 radical (unpaired) electrons. The lowest BCUT2D eigenvalue weighted by Crippen LogP contribution is -2.29. The number of hydrogen-bond donors (Lipinski definition) is 2. The summed E-state index contributed by atoms with van der Waals surface area (Å²) >= 11 is 0. The second-order valence-corrected chi connectivity index (χ2v) is 27.7. The van der Waals surface area contributed by atoms with E-state index in [9.17, 15) is 19.0 Å². The quantitative estimate of drug-likeness (QED) is 0.0264. The smallest absolute Gasteiger partial charge is 0.462 e. The van der Waals surface area contributed by atoms with E-state index in [-0.39, 0.29) is 38.6 Å². The minimum Gasteiger partial charge on any atom is -0.462 e. The van der Waals surface area contributed by atoms with E-state index in [0.717, 1.165) is 89.9 Å². The van der Waals surface area contributed by atoms with Crippen molar-refractivity contribution in [2.45, 2.75) is 380 Å². The van der Waals surface area contributed by atoms with Crippen molar-refractivity contribution in [1.29, 1.82) is 0 Å². The second kappa shape index (κ2) is 77.7. The molecule has 2 unspecified atom stereocenters. The molecule has 2 atom stereocenters. The monoisotopic (exact) mass is 1320 g/mol. The molecular formula is C83H148NO8P. The van der Waals surface area contributed by atoms with Gasteiger partial charge in [0, 0.05) is 19.4 Å². The molecule has 3 N–H and O–H groups in total. The summed E-state index contributed by atoms with van der Waals surface area (Å²) in [7, 11) is -4.40. The molecule has 93 heavy (non-hydrogen) atoms. The maximum absolute atomic E-state index is 12.8. The first-order chi connectivity index (χ1) is 45.8. The third kappa shape index (κ3) is 77.6. The normalized spacial score (nSPS) is 13.5. The molecule has 0 aromatic rings. The lowest BCUT2D eigenvalue weighted by atomic mass is 10.0. The van der Waals surface area contributed by atoms with Crippen molar-refractivity contribution in [2.75, 3.05) is 26.4 Å². The van der Waals surface area contributed by atoms with E-state index in [4.69, 9.17) is 24.3 Å². The van der Waals surface area contributed by atoms with Crippen LogP contribution >= 0.6 is 7.82 Å². The van der Waals surface area contributed by atoms with Crippen LogP contribution in [0, 0.1) is 0 Å². The minimum absolute atomic E-state index is 0.0527. The Morgan fingerprint density at radius 2 is 0.591 bits per heavy atom. The number of nitrogens with two attached hydrogens (primary N) is 1. The number of esters is 2. The lowest BCUT2D eigenvalue weighted by molar-refractivity contribution is -0.161. The molecular weight excluding hydrogens is 1170 g/mol. The van der Waals surface area contributed by atoms with Gasteiger partial charge in [-0.3, -0.25) is 18.6 Å². The van der Waals surface area contributed by atoms with Gasteiger partial charge in [0.1, 0.15) is 6.61 Å². The zero-order valence-corrected chi connectivity index (χ0v) is 61.6. The first-order valence-electron chi connectivity index (χ1n) is 39.4. The maximum Gasteiger partial charge on any atom is 0.472 e. The number of allylic oxidation sites excluding steroid dienone is 18. The summed E-state index contributed by atoms with van der Waals surface area (Å²) in [5.41, 5.74) is 5.41. The maximum atomic E-state index is 12.8. The minimum atomic E-state index is -4.40. The summed E-state index contributed by atoms with van der Waals surface area (Å²) in [6.07, 6.45) is 108. The van der Waals surface area contributed by atoms with Gasteiger partial charge in [0.15, 0.2) is 6.10 Å². The Labute approximate surface area is 575 Å². The van der Waals surface area contributed by atoms with Gasteiger partial charge in [-0.25, -0.2) is 4.57 Å². The van der Waals surface area contributed by atoms with Gasteiger partial charge in [-0.2, -0.15) is 0 Å². The van der Waals surface area contributed by atoms with Crippen molar-refractivity contribution in [3.63, 3.8) is 0 Å². The Hall–Kier alpha value is -3.33. The van der Waals surface area contributed by atoms with E-state index in [1.54, 1.807) is 0 Å². The molecule has 10 heteroatoms. The molecule has 0 aliphatic rings. The van der Waals surface area contributed by atoms with E-state index < -0.39 is 26.5 Å². The molecule has 0 spiro atoms. The zero-order valence-electron chi connectivity index (χ0n) is 60.7. The number of ether oxygens (including phenoxy) is 2. The average molecular weight is 1320 g/mol. The Bertz CT molecular complexity index is 1900. The predicted molar refractivity (Wildman–Crippen MR) is 404 cm³/mol. The molecule has 0 rings (SSSR count). The SMILES string of the molecule is CC/C=C\C/C=C\C/C=C\C/C=C\C/C=C\C/C=C\C/C=C\CCCCCCCCCCCCCCCCCCCCCC(=O)OC(COC(=O)CCCCCCCCCCCCCCCCCCCCC/C=C\C/C=C\CCCCCCC)COP(=O)(O)OCCN. The van der Waals surface area contributed by atoms with Crippen LogP contribution in [0.2, 0.25) is 0 Å². The summed E-state index contributed by atoms with van der Waals surface area (Å²) in [6.45, 7) is 3.67. The summed E-state index contributed by atoms with van der Waals surface area (Å²) in [5, 5.41) is 0. The fourth-order valence-corrected chi connectivity index (χ4v) is 12.1. The van der Waals surface area contributed by atoms with Crippen LogP contribution in [0.25, 0.3) is 0 Å². The van der Waals surface area contributed by atoms with Crippen LogP contribution in [0.1, 0.15) is 373 Å². The molecule has 0 aliphatic heterocycles. The number of hydrogen-bond acceptors (Lipinski definition) is 8. The molecule has 0 heterocycles. The van der Waals surface area contributed by atoms with E-state index >= 15 is 0 Å². The first kappa shape index (κ1) is 89.7. The zero-order chi connectivity index (χ0) is 67.2. The van der Waals surface area contributed by atoms with E-state index in [2.05, 4.69) is 123 Å². The molecule has 0 bridgehead atoms. The Balaban J connectivity index is 3.80. The molecule has 0 aromatic heterocycles. The van der Waals surface area contributed by atoms with Crippen LogP contribution in [-0.2, 0) is 32.7 Å². The lowest BCUT2D eigenvalue weighted by Gasteiger charge is -2.19. The van der Waals surface area contributed by atoms with E-state index in [0.29, 0.717) is 6.42 Å². The summed E-state index contributed by atoms with van der Waals surface area (Å²) in [4.78, 5) is 35.5. The number of carbonyl (C=O) groups is 2. The molecule has 0 fully saturated rings. The summed E-state index contributed by atoms with van der Waals surface area (Å²) < 4.78 is 33.3. The molecule has 0 aromatic carbocycles. The van der Waals surface area contributed by atoms with Gasteiger partial charge in [0.25, 0.3) is 0 Å². The van der Waals surface area contributed by atoms with Crippen molar-refractivity contribution in [1.82, 2.24) is 0 Å². The van der Waals surface area contributed by atoms with E-state index in [1.165, 1.54) is 250 Å². The molecule has 9 nitrogen and oxygen atoms in total. The number of unbranched alkanes of at least 4 members (excludes halogenated alkanes) is 43. The van der Waals surface area contributed by atoms with Gasteiger partial charge in [-0.1, -0.05) is 367 Å². The van der Waals surface area contributed by atoms with E-state index in [1.807, 2.05) is 0 Å². The van der Waals surface area contributed by atoms with Crippen LogP contribution in [0.5, 0.6) is 0 Å². The van der Waals surface area contributed by atoms with Crippen molar-refractivity contribution in [3.8, 4) is 0 Å². The largest absolute Gasteiger partial charge is 0.472 e. The number of rotatable bonds is 74. The molecule has 0 saturated carbocycles. The van der Waals surface area contributed by atoms with Crippen molar-refractivity contribution >= 4 is 19.8 Å². The van der Waals surface area contributed by atoms with Gasteiger partial charge >= 0.3 is 19.8 Å². The fourth-order valence-electron chi connectivity index (χ4n) is 11.4. The van der Waals surface area contributed by atoms with Gasteiger partial charge in [-0.05, 0) is 103 Å². The van der Waals surface area contributed by atoms with Crippen LogP contribution in [0.15, 0.2) is 109 Å². The van der Waals surface area contributed by atoms with Crippen molar-refractivity contribution < 1.29 is 37.6 Å². The number of carbonyl (C=O) groups excluding carboxylic acids is 2. The Morgan fingerprint density at radius 3 is 0.882 bits per heavy atom. The highest BCUT2D eigenvalue weighted by Crippen LogP contribution is 2.43. The molecule has 538 valence electrons. The highest BCUT2D eigenvalue weighted by Gasteiger charge is 2.26. The van der Waals surface area contributed by atoms with Gasteiger partial charge in [0.05, 0.1) is 13.2 Å². The molecule has 0 saturated heterocycles. The van der Waals surface area contributed by atoms with Crippen LogP contribution in [0.4, 0.5) is 0 Å². The summed E-state index contributed by atoms with van der Waals surface area (Å²) in [5.74, 6) is -0.811. The number of phosphoric acid groups is 1. The van der Waals surface area contributed by atoms with Gasteiger partial charge < -0.3 is 20.1 Å². The van der Waals surface area contributed by atoms with Crippen LogP contribution in [-0.4, -0.2) is 49.3 Å². The van der Waals surface area contributed by atoms with Gasteiger partial charge in [0.2, 0.25) is 0 Å². The highest BCUT2D eigenvalue weighted by molar-refractivity contribution is 7.47. The second-order valence-electron chi connectivity index (χ2n) is 26.2. The first-order valence-corrected chi connectivity index (χ1v) is 40.9. The topological polar surface area (TPSA) is 134 Å². The number of phosphoric ester groups is 1. The predicted octanol–water partition coefficient (Wildman–Crippen LogP) is 26.4. The van der Waals surface area contributed by atoms with Crippen molar-refractivity contribution in [2.24, 2.45) is 5.73 Å². The average Bonchev–Trinajstić information content (AvgIpc) is 3.49. The third-order valence-electron chi connectivity index (χ3n) is 17.1. The van der Waals surface area contributed by atoms with Crippen molar-refractivity contribution in [3.05, 3.63) is 109 Å². The summed E-state index contributed by atoms with van der Waals surface area (Å²) in [6, 6.07) is 0. The Kier molecular flexibility index (Phi) is 74.9. The molecule has 0 aliphatic carbocycles. The highest BCUT2D eigenvalue weighted by atomic mass is 31.2. The Morgan fingerprint density at radius 1 is 0.333 bits per heavy atom. The fraction of sp³-hybridized carbons (Fsp3) is 0.759. The molecule has 0 amide bonds.